The van der Waals surface area contributed by atoms with Crippen LogP contribution in [0.2, 0.25) is 0 Å². The Morgan fingerprint density at radius 1 is 0.720 bits per heavy atom. The van der Waals surface area contributed by atoms with E-state index in [0.717, 1.165) is 0 Å². The minimum atomic E-state index is -0.693. The van der Waals surface area contributed by atoms with E-state index in [1.54, 1.807) is 37.3 Å². The maximum Gasteiger partial charge on any atom is 0.233 e. The van der Waals surface area contributed by atoms with Gasteiger partial charge in [0.05, 0.1) is 0 Å². The van der Waals surface area contributed by atoms with Crippen molar-refractivity contribution < 1.29 is 19.2 Å². The lowest BCUT2D eigenvalue weighted by atomic mass is 9.97. The summed E-state index contributed by atoms with van der Waals surface area (Å²) in [4.78, 5) is 48.5. The first kappa shape index (κ1) is 17.9. The van der Waals surface area contributed by atoms with E-state index in [9.17, 15) is 19.2 Å². The van der Waals surface area contributed by atoms with Gasteiger partial charge in [-0.15, -0.1) is 0 Å². The van der Waals surface area contributed by atoms with Gasteiger partial charge in [-0.2, -0.15) is 0 Å². The normalized spacial score (nSPS) is 10.8. The Labute approximate surface area is 145 Å². The van der Waals surface area contributed by atoms with Gasteiger partial charge in [0, 0.05) is 22.3 Å². The molecule has 0 spiro atoms. The second-order valence-electron chi connectivity index (χ2n) is 5.21. The van der Waals surface area contributed by atoms with Crippen molar-refractivity contribution in [1.29, 1.82) is 0 Å². The topological polar surface area (TPSA) is 68.3 Å². The van der Waals surface area contributed by atoms with E-state index in [-0.39, 0.29) is 16.7 Å². The lowest BCUT2D eigenvalue weighted by Gasteiger charge is -2.04. The first-order valence-corrected chi connectivity index (χ1v) is 7.61. The van der Waals surface area contributed by atoms with Gasteiger partial charge in [0.25, 0.3) is 0 Å². The van der Waals surface area contributed by atoms with Crippen molar-refractivity contribution in [3.05, 3.63) is 95.6 Å². The van der Waals surface area contributed by atoms with Crippen LogP contribution in [-0.2, 0) is 4.79 Å². The van der Waals surface area contributed by atoms with Gasteiger partial charge >= 0.3 is 0 Å². The van der Waals surface area contributed by atoms with Gasteiger partial charge in [-0.3, -0.25) is 19.2 Å². The van der Waals surface area contributed by atoms with Gasteiger partial charge < -0.3 is 0 Å². The Balaban J connectivity index is 2.21. The van der Waals surface area contributed by atoms with Crippen molar-refractivity contribution in [3.63, 3.8) is 0 Å². The van der Waals surface area contributed by atoms with Crippen molar-refractivity contribution in [2.75, 3.05) is 0 Å². The first-order chi connectivity index (χ1) is 12.0. The molecule has 0 radical (unpaired) electrons. The Morgan fingerprint density at radius 2 is 1.16 bits per heavy atom. The average molecular weight is 332 g/mol. The van der Waals surface area contributed by atoms with E-state index in [0.29, 0.717) is 5.56 Å². The third kappa shape index (κ3) is 3.93. The molecule has 0 bridgehead atoms. The lowest BCUT2D eigenvalue weighted by Crippen LogP contribution is -2.17. The molecule has 0 fully saturated rings. The van der Waals surface area contributed by atoms with Gasteiger partial charge in [-0.05, 0) is 6.92 Å². The summed E-state index contributed by atoms with van der Waals surface area (Å²) in [5.74, 6) is -2.66. The molecule has 0 saturated carbocycles. The molecule has 2 aromatic rings. The maximum atomic E-state index is 12.2. The Hall–Kier alpha value is -3.40. The van der Waals surface area contributed by atoms with Crippen LogP contribution >= 0.6 is 0 Å². The van der Waals surface area contributed by atoms with Crippen LogP contribution in [0.25, 0.3) is 0 Å². The highest BCUT2D eigenvalue weighted by molar-refractivity contribution is 6.50. The molecule has 0 aliphatic rings. The maximum absolute atomic E-state index is 12.2. The van der Waals surface area contributed by atoms with Crippen molar-refractivity contribution in [1.82, 2.24) is 0 Å². The minimum Gasteiger partial charge on any atom is -0.285 e. The van der Waals surface area contributed by atoms with Crippen molar-refractivity contribution in [3.8, 4) is 0 Å². The van der Waals surface area contributed by atoms with Gasteiger partial charge in [-0.1, -0.05) is 73.3 Å². The molecule has 2 rings (SSSR count). The fourth-order valence-electron chi connectivity index (χ4n) is 2.23. The molecule has 0 amide bonds. The van der Waals surface area contributed by atoms with E-state index < -0.39 is 23.1 Å². The molecule has 0 heterocycles. The van der Waals surface area contributed by atoms with Crippen LogP contribution in [0.1, 0.15) is 38.0 Å². The zero-order valence-electron chi connectivity index (χ0n) is 13.7. The number of hydrogen-bond donors (Lipinski definition) is 0. The molecule has 0 aliphatic carbocycles. The number of benzene rings is 2. The van der Waals surface area contributed by atoms with Crippen LogP contribution in [0, 0.1) is 0 Å². The van der Waals surface area contributed by atoms with Crippen molar-refractivity contribution in [2.24, 2.45) is 0 Å². The zero-order chi connectivity index (χ0) is 18.4. The van der Waals surface area contributed by atoms with Crippen molar-refractivity contribution in [2.45, 2.75) is 6.92 Å². The first-order valence-electron chi connectivity index (χ1n) is 7.61. The van der Waals surface area contributed by atoms with Crippen LogP contribution in [0.5, 0.6) is 0 Å². The van der Waals surface area contributed by atoms with E-state index >= 15 is 0 Å². The van der Waals surface area contributed by atoms with E-state index in [2.05, 4.69) is 6.58 Å². The number of ketones is 4. The second-order valence-corrected chi connectivity index (χ2v) is 5.21. The van der Waals surface area contributed by atoms with Crippen molar-refractivity contribution >= 4 is 23.1 Å². The number of Topliss-reactive ketones (excluding diaryl/α,β-unsaturated/α-hetero) is 4. The van der Waals surface area contributed by atoms with Crippen LogP contribution in [0.15, 0.2) is 78.9 Å². The van der Waals surface area contributed by atoms with Crippen LogP contribution < -0.4 is 0 Å². The lowest BCUT2D eigenvalue weighted by molar-refractivity contribution is -0.111. The zero-order valence-corrected chi connectivity index (χ0v) is 13.7. The molecule has 0 aliphatic heterocycles. The van der Waals surface area contributed by atoms with Gasteiger partial charge in [0.15, 0.2) is 0 Å². The summed E-state index contributed by atoms with van der Waals surface area (Å²) in [7, 11) is 0. The quantitative estimate of drug-likeness (QED) is 0.336. The molecule has 0 N–H and O–H groups in total. The fourth-order valence-corrected chi connectivity index (χ4v) is 2.23. The summed E-state index contributed by atoms with van der Waals surface area (Å²) in [5, 5.41) is 0. The average Bonchev–Trinajstić information content (AvgIpc) is 2.68. The summed E-state index contributed by atoms with van der Waals surface area (Å²) in [6, 6.07) is 13.7. The molecular formula is C21H16O4. The summed E-state index contributed by atoms with van der Waals surface area (Å²) in [5.41, 5.74) is 0.818. The molecule has 0 atom stereocenters. The second kappa shape index (κ2) is 7.93. The highest BCUT2D eigenvalue weighted by Gasteiger charge is 2.21. The van der Waals surface area contributed by atoms with Crippen LogP contribution in [0.4, 0.5) is 0 Å². The molecule has 0 aromatic heterocycles. The Bertz CT molecular complexity index is 872. The standard InChI is InChI=1S/C21H16O4/c1-3-14(4-2)18(22)20(24)16-10-12-17(13-11-16)21(25)19(23)15-8-6-5-7-9-15/h3-13H,1H2,2H3/b14-4+. The number of allylic oxidation sites excluding steroid dienone is 3. The molecule has 124 valence electrons. The Kier molecular flexibility index (Phi) is 5.69. The number of carbonyl (C=O) groups excluding carboxylic acids is 4. The monoisotopic (exact) mass is 332 g/mol. The van der Waals surface area contributed by atoms with E-state index in [1.165, 1.54) is 36.4 Å². The highest BCUT2D eigenvalue weighted by atomic mass is 16.2. The summed E-state index contributed by atoms with van der Waals surface area (Å²) >= 11 is 0. The number of rotatable bonds is 7. The molecule has 0 unspecified atom stereocenters. The number of hydrogen-bond acceptors (Lipinski definition) is 4. The molecule has 25 heavy (non-hydrogen) atoms. The minimum absolute atomic E-state index is 0.148. The Morgan fingerprint density at radius 3 is 1.60 bits per heavy atom. The SMILES string of the molecule is C=C/C(=C\C)C(=O)C(=O)c1ccc(C(=O)C(=O)c2ccccc2)cc1. The third-order valence-corrected chi connectivity index (χ3v) is 3.65. The van der Waals surface area contributed by atoms with Crippen LogP contribution in [-0.4, -0.2) is 23.1 Å². The highest BCUT2D eigenvalue weighted by Crippen LogP contribution is 2.12. The molecule has 4 nitrogen and oxygen atoms in total. The van der Waals surface area contributed by atoms with Gasteiger partial charge in [0.2, 0.25) is 23.1 Å². The predicted molar refractivity (Wildman–Crippen MR) is 94.8 cm³/mol. The number of carbonyl (C=O) groups is 4. The summed E-state index contributed by atoms with van der Waals surface area (Å²) in [6.07, 6.45) is 2.82. The predicted octanol–water partition coefficient (Wildman–Crippen LogP) is 3.64. The van der Waals surface area contributed by atoms with E-state index in [1.807, 2.05) is 0 Å². The summed E-state index contributed by atoms with van der Waals surface area (Å²) < 4.78 is 0. The largest absolute Gasteiger partial charge is 0.285 e. The van der Waals surface area contributed by atoms with Crippen LogP contribution in [0.3, 0.4) is 0 Å². The van der Waals surface area contributed by atoms with Gasteiger partial charge in [0.1, 0.15) is 0 Å². The van der Waals surface area contributed by atoms with Gasteiger partial charge in [-0.25, -0.2) is 0 Å². The molecule has 0 saturated heterocycles. The smallest absolute Gasteiger partial charge is 0.233 e. The molecular weight excluding hydrogens is 316 g/mol. The van der Waals surface area contributed by atoms with E-state index in [4.69, 9.17) is 0 Å². The third-order valence-electron chi connectivity index (χ3n) is 3.65. The summed E-state index contributed by atoms with van der Waals surface area (Å²) in [6.45, 7) is 5.13. The molecule has 2 aromatic carbocycles. The molecule has 4 heteroatoms. The fraction of sp³-hybridized carbons (Fsp3) is 0.0476.